The first-order valence-electron chi connectivity index (χ1n) is 10.5. The number of amides is 1. The summed E-state index contributed by atoms with van der Waals surface area (Å²) in [7, 11) is 1.62. The fourth-order valence-electron chi connectivity index (χ4n) is 3.20. The monoisotopic (exact) mass is 567 g/mol. The summed E-state index contributed by atoms with van der Waals surface area (Å²) in [6, 6.07) is 5.65. The smallest absolute Gasteiger partial charge is 0.234 e. The molecule has 1 aromatic carbocycles. The van der Waals surface area contributed by atoms with Crippen molar-refractivity contribution in [1.29, 1.82) is 0 Å². The van der Waals surface area contributed by atoms with Gasteiger partial charge in [0, 0.05) is 57.0 Å². The van der Waals surface area contributed by atoms with Crippen molar-refractivity contribution >= 4 is 47.4 Å². The first kappa shape index (κ1) is 27.7. The molecule has 2 N–H and O–H groups in total. The van der Waals surface area contributed by atoms with E-state index in [1.54, 1.807) is 7.11 Å². The van der Waals surface area contributed by atoms with Gasteiger partial charge in [-0.2, -0.15) is 0 Å². The molecule has 1 heterocycles. The van der Waals surface area contributed by atoms with Crippen LogP contribution in [0.4, 0.5) is 0 Å². The predicted octanol–water partition coefficient (Wildman–Crippen LogP) is 2.20. The molecule has 0 radical (unpaired) electrons. The van der Waals surface area contributed by atoms with Crippen LogP contribution < -0.4 is 15.4 Å². The molecule has 2 rings (SSSR count). The van der Waals surface area contributed by atoms with Crippen molar-refractivity contribution in [2.45, 2.75) is 20.4 Å². The molecule has 1 amide bonds. The van der Waals surface area contributed by atoms with Gasteiger partial charge in [-0.3, -0.25) is 9.69 Å². The summed E-state index contributed by atoms with van der Waals surface area (Å²) in [4.78, 5) is 21.2. The minimum absolute atomic E-state index is 0. The molecular formula is C21H35ClIN5O3. The summed E-state index contributed by atoms with van der Waals surface area (Å²) >= 11 is 6.10. The Morgan fingerprint density at radius 1 is 1.19 bits per heavy atom. The van der Waals surface area contributed by atoms with E-state index in [1.165, 1.54) is 0 Å². The maximum atomic E-state index is 12.0. The van der Waals surface area contributed by atoms with Gasteiger partial charge in [-0.1, -0.05) is 17.7 Å². The summed E-state index contributed by atoms with van der Waals surface area (Å²) in [5, 5.41) is 6.89. The van der Waals surface area contributed by atoms with Gasteiger partial charge < -0.3 is 25.0 Å². The number of hydrogen-bond donors (Lipinski definition) is 2. The van der Waals surface area contributed by atoms with Crippen molar-refractivity contribution in [3.8, 4) is 5.75 Å². The van der Waals surface area contributed by atoms with E-state index in [0.29, 0.717) is 37.9 Å². The molecule has 8 nitrogen and oxygen atoms in total. The van der Waals surface area contributed by atoms with Crippen molar-refractivity contribution in [1.82, 2.24) is 20.4 Å². The van der Waals surface area contributed by atoms with Crippen LogP contribution in [0.5, 0.6) is 5.75 Å². The molecule has 0 atom stereocenters. The highest BCUT2D eigenvalue weighted by Gasteiger charge is 2.21. The van der Waals surface area contributed by atoms with Gasteiger partial charge in [0.25, 0.3) is 0 Å². The number of nitrogens with zero attached hydrogens (tertiary/aromatic N) is 3. The van der Waals surface area contributed by atoms with E-state index in [4.69, 9.17) is 26.1 Å². The maximum absolute atomic E-state index is 12.0. The molecule has 31 heavy (non-hydrogen) atoms. The molecule has 1 aliphatic heterocycles. The Bertz CT molecular complexity index is 700. The Kier molecular flexibility index (Phi) is 13.9. The number of halogens is 2. The quantitative estimate of drug-likeness (QED) is 0.195. The minimum Gasteiger partial charge on any atom is -0.493 e. The molecule has 0 spiro atoms. The largest absolute Gasteiger partial charge is 0.493 e. The molecule has 0 aromatic heterocycles. The Morgan fingerprint density at radius 2 is 1.94 bits per heavy atom. The number of methoxy groups -OCH3 is 1. The molecule has 1 saturated heterocycles. The van der Waals surface area contributed by atoms with Crippen molar-refractivity contribution in [3.05, 3.63) is 28.8 Å². The van der Waals surface area contributed by atoms with Crippen LogP contribution in [-0.2, 0) is 16.1 Å². The van der Waals surface area contributed by atoms with E-state index in [9.17, 15) is 4.79 Å². The second-order valence-electron chi connectivity index (χ2n) is 6.96. The topological polar surface area (TPSA) is 78.4 Å². The molecule has 0 bridgehead atoms. The summed E-state index contributed by atoms with van der Waals surface area (Å²) < 4.78 is 10.7. The van der Waals surface area contributed by atoms with Gasteiger partial charge in [-0.15, -0.1) is 24.0 Å². The highest BCUT2D eigenvalue weighted by Crippen LogP contribution is 2.24. The van der Waals surface area contributed by atoms with Crippen LogP contribution in [0.1, 0.15) is 19.4 Å². The van der Waals surface area contributed by atoms with Gasteiger partial charge in [-0.05, 0) is 26.0 Å². The molecular weight excluding hydrogens is 533 g/mol. The Balaban J connectivity index is 0.00000480. The normalized spacial score (nSPS) is 14.7. The molecule has 10 heteroatoms. The van der Waals surface area contributed by atoms with E-state index in [2.05, 4.69) is 27.4 Å². The summed E-state index contributed by atoms with van der Waals surface area (Å²) in [6.45, 7) is 10.6. The predicted molar refractivity (Wildman–Crippen MR) is 136 cm³/mol. The van der Waals surface area contributed by atoms with E-state index in [1.807, 2.05) is 25.1 Å². The Labute approximate surface area is 207 Å². The summed E-state index contributed by atoms with van der Waals surface area (Å²) in [5.74, 6) is 1.68. The van der Waals surface area contributed by atoms with Gasteiger partial charge in [0.05, 0.1) is 26.3 Å². The lowest BCUT2D eigenvalue weighted by molar-refractivity contribution is -0.122. The SMILES string of the molecule is CCNC(=NCc1ccc(Cl)cc1OCC)N1CCN(CC(=O)NCCOC)CC1.I. The van der Waals surface area contributed by atoms with Crippen molar-refractivity contribution in [3.63, 3.8) is 0 Å². The molecule has 176 valence electrons. The standard InChI is InChI=1S/C21H34ClN5O3.HI/c1-4-23-21(25-15-17-6-7-18(22)14-19(17)30-5-2)27-11-9-26(10-12-27)16-20(28)24-8-13-29-3;/h6-7,14H,4-5,8-13,15-16H2,1-3H3,(H,23,25)(H,24,28);1H. The number of benzene rings is 1. The molecule has 0 saturated carbocycles. The van der Waals surface area contributed by atoms with Crippen LogP contribution in [0, 0.1) is 0 Å². The molecule has 0 aliphatic carbocycles. The molecule has 1 fully saturated rings. The number of rotatable bonds is 10. The van der Waals surface area contributed by atoms with Crippen molar-refractivity contribution in [2.75, 3.05) is 66.1 Å². The number of piperazine rings is 1. The first-order valence-corrected chi connectivity index (χ1v) is 10.9. The lowest BCUT2D eigenvalue weighted by Crippen LogP contribution is -2.54. The fourth-order valence-corrected chi connectivity index (χ4v) is 3.37. The zero-order valence-corrected chi connectivity index (χ0v) is 21.7. The van der Waals surface area contributed by atoms with Gasteiger partial charge in [-0.25, -0.2) is 4.99 Å². The number of aliphatic imine (C=N–C) groups is 1. The van der Waals surface area contributed by atoms with Crippen LogP contribution in [-0.4, -0.2) is 87.8 Å². The van der Waals surface area contributed by atoms with E-state index in [0.717, 1.165) is 50.0 Å². The van der Waals surface area contributed by atoms with Gasteiger partial charge >= 0.3 is 0 Å². The molecule has 1 aromatic rings. The van der Waals surface area contributed by atoms with Crippen LogP contribution >= 0.6 is 35.6 Å². The lowest BCUT2D eigenvalue weighted by atomic mass is 10.2. The number of nitrogens with one attached hydrogen (secondary N) is 2. The van der Waals surface area contributed by atoms with E-state index in [-0.39, 0.29) is 29.9 Å². The first-order chi connectivity index (χ1) is 14.6. The van der Waals surface area contributed by atoms with Crippen molar-refractivity contribution < 1.29 is 14.3 Å². The number of ether oxygens (including phenoxy) is 2. The second kappa shape index (κ2) is 15.5. The number of guanidine groups is 1. The Hall–Kier alpha value is -1.30. The number of carbonyl (C=O) groups excluding carboxylic acids is 1. The van der Waals surface area contributed by atoms with Gasteiger partial charge in [0.1, 0.15) is 5.75 Å². The maximum Gasteiger partial charge on any atom is 0.234 e. The second-order valence-corrected chi connectivity index (χ2v) is 7.40. The van der Waals surface area contributed by atoms with Gasteiger partial charge in [0.15, 0.2) is 5.96 Å². The number of hydrogen-bond acceptors (Lipinski definition) is 5. The zero-order chi connectivity index (χ0) is 21.8. The number of carbonyl (C=O) groups is 1. The van der Waals surface area contributed by atoms with E-state index >= 15 is 0 Å². The summed E-state index contributed by atoms with van der Waals surface area (Å²) in [6.07, 6.45) is 0. The van der Waals surface area contributed by atoms with Crippen LogP contribution in [0.25, 0.3) is 0 Å². The zero-order valence-electron chi connectivity index (χ0n) is 18.7. The molecule has 0 unspecified atom stereocenters. The highest BCUT2D eigenvalue weighted by atomic mass is 127. The third-order valence-electron chi connectivity index (χ3n) is 4.73. The lowest BCUT2D eigenvalue weighted by Gasteiger charge is -2.36. The summed E-state index contributed by atoms with van der Waals surface area (Å²) in [5.41, 5.74) is 1.00. The van der Waals surface area contributed by atoms with Gasteiger partial charge in [0.2, 0.25) is 5.91 Å². The average molecular weight is 568 g/mol. The van der Waals surface area contributed by atoms with Crippen LogP contribution in [0.15, 0.2) is 23.2 Å². The van der Waals surface area contributed by atoms with Crippen molar-refractivity contribution in [2.24, 2.45) is 4.99 Å². The minimum atomic E-state index is 0. The van der Waals surface area contributed by atoms with E-state index < -0.39 is 0 Å². The third kappa shape index (κ3) is 9.80. The van der Waals surface area contributed by atoms with Crippen LogP contribution in [0.2, 0.25) is 5.02 Å². The fraction of sp³-hybridized carbons (Fsp3) is 0.619. The Morgan fingerprint density at radius 3 is 2.58 bits per heavy atom. The third-order valence-corrected chi connectivity index (χ3v) is 4.97. The van der Waals surface area contributed by atoms with Crippen LogP contribution in [0.3, 0.4) is 0 Å². The average Bonchev–Trinajstić information content (AvgIpc) is 2.73. The molecule has 1 aliphatic rings. The highest BCUT2D eigenvalue weighted by molar-refractivity contribution is 14.0.